The number of nitrogens with zero attached hydrogens (tertiary/aromatic N) is 2. The molecule has 0 spiro atoms. The molecule has 1 heterocycles. The molecule has 1 aliphatic rings. The molecule has 1 unspecified atom stereocenters. The van der Waals surface area contributed by atoms with Gasteiger partial charge in [-0.25, -0.2) is 4.98 Å². The topological polar surface area (TPSA) is 64.1 Å². The van der Waals surface area contributed by atoms with E-state index < -0.39 is 5.54 Å². The zero-order valence-electron chi connectivity index (χ0n) is 12.5. The summed E-state index contributed by atoms with van der Waals surface area (Å²) >= 11 is 0. The Morgan fingerprint density at radius 3 is 2.67 bits per heavy atom. The fourth-order valence-corrected chi connectivity index (χ4v) is 3.23. The van der Waals surface area contributed by atoms with E-state index in [-0.39, 0.29) is 6.61 Å². The van der Waals surface area contributed by atoms with E-state index in [1.807, 2.05) is 37.3 Å². The van der Waals surface area contributed by atoms with Crippen LogP contribution in [0, 0.1) is 6.92 Å². The third kappa shape index (κ3) is 2.61. The van der Waals surface area contributed by atoms with Crippen molar-refractivity contribution in [1.29, 1.82) is 0 Å². The lowest BCUT2D eigenvalue weighted by Gasteiger charge is -2.30. The van der Waals surface area contributed by atoms with E-state index in [1.54, 1.807) is 0 Å². The van der Waals surface area contributed by atoms with E-state index in [0.29, 0.717) is 6.54 Å². The molecule has 112 valence electrons. The molecule has 1 aromatic carbocycles. The Balaban J connectivity index is 1.96. The predicted octanol–water partition coefficient (Wildman–Crippen LogP) is 1.92. The molecular formula is C17H23N3O. The number of aliphatic hydroxyl groups excluding tert-OH is 1. The van der Waals surface area contributed by atoms with Crippen LogP contribution in [0.5, 0.6) is 0 Å². The molecule has 0 amide bonds. The normalized spacial score (nSPS) is 17.3. The van der Waals surface area contributed by atoms with Gasteiger partial charge in [-0.05, 0) is 38.2 Å². The highest BCUT2D eigenvalue weighted by Gasteiger charge is 2.30. The van der Waals surface area contributed by atoms with E-state index in [4.69, 9.17) is 5.73 Å². The Morgan fingerprint density at radius 1 is 1.24 bits per heavy atom. The summed E-state index contributed by atoms with van der Waals surface area (Å²) < 4.78 is 2.21. The Bertz CT molecular complexity index is 620. The molecule has 4 nitrogen and oxygen atoms in total. The van der Waals surface area contributed by atoms with Crippen molar-refractivity contribution in [3.63, 3.8) is 0 Å². The van der Waals surface area contributed by atoms with Crippen LogP contribution in [0.1, 0.15) is 35.6 Å². The van der Waals surface area contributed by atoms with Crippen molar-refractivity contribution in [3.05, 3.63) is 53.1 Å². The minimum absolute atomic E-state index is 0.0800. The van der Waals surface area contributed by atoms with Gasteiger partial charge in [-0.15, -0.1) is 0 Å². The summed E-state index contributed by atoms with van der Waals surface area (Å²) in [6.07, 6.45) is 4.55. The molecule has 0 bridgehead atoms. The van der Waals surface area contributed by atoms with Crippen molar-refractivity contribution in [2.24, 2.45) is 5.73 Å². The summed E-state index contributed by atoms with van der Waals surface area (Å²) in [6, 6.07) is 9.85. The fraction of sp³-hybridized carbons (Fsp3) is 0.471. The van der Waals surface area contributed by atoms with Crippen LogP contribution in [0.3, 0.4) is 0 Å². The SMILES string of the molecule is Cc1nc2c(n1CC(N)(CO)c1ccccc1)CCCC2. The number of fused-ring (bicyclic) bond motifs is 1. The summed E-state index contributed by atoms with van der Waals surface area (Å²) in [5.74, 6) is 1.00. The van der Waals surface area contributed by atoms with Crippen molar-refractivity contribution < 1.29 is 5.11 Å². The van der Waals surface area contributed by atoms with Crippen LogP contribution in [-0.2, 0) is 24.9 Å². The number of rotatable bonds is 4. The van der Waals surface area contributed by atoms with Crippen molar-refractivity contribution in [1.82, 2.24) is 9.55 Å². The number of benzene rings is 1. The zero-order valence-corrected chi connectivity index (χ0v) is 12.5. The molecule has 1 aromatic heterocycles. The number of aryl methyl sites for hydroxylation is 2. The number of aromatic nitrogens is 2. The molecule has 0 aliphatic heterocycles. The largest absolute Gasteiger partial charge is 0.394 e. The van der Waals surface area contributed by atoms with E-state index in [1.165, 1.54) is 24.2 Å². The molecule has 1 atom stereocenters. The maximum absolute atomic E-state index is 9.87. The third-order valence-electron chi connectivity index (χ3n) is 4.49. The Morgan fingerprint density at radius 2 is 1.95 bits per heavy atom. The number of aliphatic hydroxyl groups is 1. The summed E-state index contributed by atoms with van der Waals surface area (Å²) in [6.45, 7) is 2.52. The van der Waals surface area contributed by atoms with Crippen LogP contribution in [0.4, 0.5) is 0 Å². The first-order valence-corrected chi connectivity index (χ1v) is 7.64. The van der Waals surface area contributed by atoms with E-state index in [9.17, 15) is 5.11 Å². The molecule has 3 N–H and O–H groups in total. The zero-order chi connectivity index (χ0) is 14.9. The van der Waals surface area contributed by atoms with E-state index in [2.05, 4.69) is 9.55 Å². The molecule has 21 heavy (non-hydrogen) atoms. The predicted molar refractivity (Wildman–Crippen MR) is 83.0 cm³/mol. The maximum atomic E-state index is 9.87. The number of nitrogens with two attached hydrogens (primary N) is 1. The highest BCUT2D eigenvalue weighted by atomic mass is 16.3. The quantitative estimate of drug-likeness (QED) is 0.902. The van der Waals surface area contributed by atoms with Crippen LogP contribution in [0.25, 0.3) is 0 Å². The number of imidazole rings is 1. The molecular weight excluding hydrogens is 262 g/mol. The monoisotopic (exact) mass is 285 g/mol. The standard InChI is InChI=1S/C17H23N3O/c1-13-19-15-9-5-6-10-16(15)20(13)11-17(18,12-21)14-7-3-2-4-8-14/h2-4,7-8,21H,5-6,9-12,18H2,1H3. The third-order valence-corrected chi connectivity index (χ3v) is 4.49. The van der Waals surface area contributed by atoms with Gasteiger partial charge < -0.3 is 15.4 Å². The Kier molecular flexibility index (Phi) is 3.83. The van der Waals surface area contributed by atoms with Crippen LogP contribution in [0.15, 0.2) is 30.3 Å². The van der Waals surface area contributed by atoms with Crippen LogP contribution < -0.4 is 5.73 Å². The van der Waals surface area contributed by atoms with Crippen LogP contribution in [0.2, 0.25) is 0 Å². The maximum Gasteiger partial charge on any atom is 0.106 e. The number of hydrogen-bond donors (Lipinski definition) is 2. The van der Waals surface area contributed by atoms with Crippen molar-refractivity contribution in [2.45, 2.75) is 44.7 Å². The van der Waals surface area contributed by atoms with Crippen molar-refractivity contribution >= 4 is 0 Å². The lowest BCUT2D eigenvalue weighted by Crippen LogP contribution is -2.45. The van der Waals surface area contributed by atoms with Gasteiger partial charge in [-0.3, -0.25) is 0 Å². The van der Waals surface area contributed by atoms with Crippen LogP contribution in [-0.4, -0.2) is 21.3 Å². The first-order valence-electron chi connectivity index (χ1n) is 7.64. The molecule has 3 rings (SSSR count). The molecule has 0 fully saturated rings. The second-order valence-electron chi connectivity index (χ2n) is 6.03. The molecule has 4 heteroatoms. The number of hydrogen-bond acceptors (Lipinski definition) is 3. The molecule has 1 aliphatic carbocycles. The van der Waals surface area contributed by atoms with Gasteiger partial charge in [0.1, 0.15) is 5.82 Å². The Hall–Kier alpha value is -1.65. The minimum atomic E-state index is -0.766. The van der Waals surface area contributed by atoms with Crippen molar-refractivity contribution in [3.8, 4) is 0 Å². The van der Waals surface area contributed by atoms with Gasteiger partial charge in [0, 0.05) is 12.2 Å². The summed E-state index contributed by atoms with van der Waals surface area (Å²) in [5, 5.41) is 9.87. The molecule has 2 aromatic rings. The molecule has 0 saturated carbocycles. The van der Waals surface area contributed by atoms with Gasteiger partial charge in [0.25, 0.3) is 0 Å². The van der Waals surface area contributed by atoms with Gasteiger partial charge in [0.05, 0.1) is 17.8 Å². The average molecular weight is 285 g/mol. The van der Waals surface area contributed by atoms with Gasteiger partial charge in [0.15, 0.2) is 0 Å². The van der Waals surface area contributed by atoms with Crippen molar-refractivity contribution in [2.75, 3.05) is 6.61 Å². The summed E-state index contributed by atoms with van der Waals surface area (Å²) in [4.78, 5) is 4.69. The first kappa shape index (κ1) is 14.3. The lowest BCUT2D eigenvalue weighted by atomic mass is 9.91. The average Bonchev–Trinajstić information content (AvgIpc) is 2.84. The van der Waals surface area contributed by atoms with E-state index in [0.717, 1.165) is 24.2 Å². The fourth-order valence-electron chi connectivity index (χ4n) is 3.23. The smallest absolute Gasteiger partial charge is 0.106 e. The van der Waals surface area contributed by atoms with Gasteiger partial charge in [-0.1, -0.05) is 30.3 Å². The molecule has 0 saturated heterocycles. The highest BCUT2D eigenvalue weighted by Crippen LogP contribution is 2.26. The second kappa shape index (κ2) is 5.62. The minimum Gasteiger partial charge on any atom is -0.394 e. The Labute approximate surface area is 125 Å². The highest BCUT2D eigenvalue weighted by molar-refractivity contribution is 5.26. The summed E-state index contributed by atoms with van der Waals surface area (Å²) in [5.41, 5.74) is 9.23. The van der Waals surface area contributed by atoms with Gasteiger partial charge in [-0.2, -0.15) is 0 Å². The lowest BCUT2D eigenvalue weighted by molar-refractivity contribution is 0.177. The summed E-state index contributed by atoms with van der Waals surface area (Å²) in [7, 11) is 0. The second-order valence-corrected chi connectivity index (χ2v) is 6.03. The van der Waals surface area contributed by atoms with Crippen LogP contribution >= 0.6 is 0 Å². The van der Waals surface area contributed by atoms with Gasteiger partial charge >= 0.3 is 0 Å². The van der Waals surface area contributed by atoms with E-state index >= 15 is 0 Å². The first-order chi connectivity index (χ1) is 10.1. The molecule has 0 radical (unpaired) electrons. The van der Waals surface area contributed by atoms with Gasteiger partial charge in [0.2, 0.25) is 0 Å².